The lowest BCUT2D eigenvalue weighted by atomic mass is 10.2. The molecule has 0 fully saturated rings. The molecule has 0 amide bonds. The lowest BCUT2D eigenvalue weighted by Gasteiger charge is -2.12. The van der Waals surface area contributed by atoms with Crippen LogP contribution in [-0.4, -0.2) is 36.4 Å². The predicted octanol–water partition coefficient (Wildman–Crippen LogP) is 0.928. The lowest BCUT2D eigenvalue weighted by Crippen LogP contribution is -2.37. The van der Waals surface area contributed by atoms with E-state index in [2.05, 4.69) is 10.3 Å². The molecule has 0 radical (unpaired) electrons. The number of nitrogens with one attached hydrogen (secondary N) is 1. The zero-order valence-corrected chi connectivity index (χ0v) is 15.5. The van der Waals surface area contributed by atoms with Gasteiger partial charge in [-0.2, -0.15) is 4.98 Å². The Kier molecular flexibility index (Phi) is 4.88. The average Bonchev–Trinajstić information content (AvgIpc) is 2.96. The summed E-state index contributed by atoms with van der Waals surface area (Å²) >= 11 is 5.94. The third kappa shape index (κ3) is 3.25. The molecule has 0 bridgehead atoms. The Hall–Kier alpha value is -2.58. The number of aromatic nitrogens is 4. The summed E-state index contributed by atoms with van der Waals surface area (Å²) in [5.41, 5.74) is 0.665. The van der Waals surface area contributed by atoms with Crippen LogP contribution in [0.15, 0.2) is 33.9 Å². The van der Waals surface area contributed by atoms with E-state index < -0.39 is 17.4 Å². The molecule has 0 aliphatic rings. The molecule has 3 aromatic rings. The van der Waals surface area contributed by atoms with Gasteiger partial charge in [-0.15, -0.1) is 0 Å². The van der Waals surface area contributed by atoms with Crippen LogP contribution in [0.3, 0.4) is 0 Å². The van der Waals surface area contributed by atoms with Crippen LogP contribution in [0.1, 0.15) is 12.5 Å². The van der Waals surface area contributed by atoms with Gasteiger partial charge in [0.05, 0.1) is 12.6 Å². The molecule has 0 spiro atoms. The van der Waals surface area contributed by atoms with Crippen LogP contribution < -0.4 is 16.6 Å². The van der Waals surface area contributed by atoms with Gasteiger partial charge in [0.25, 0.3) is 5.56 Å². The van der Waals surface area contributed by atoms with Crippen LogP contribution in [-0.2, 0) is 20.6 Å². The molecule has 2 heterocycles. The van der Waals surface area contributed by atoms with Gasteiger partial charge in [-0.05, 0) is 24.6 Å². The molecule has 1 unspecified atom stereocenters. The molecule has 138 valence electrons. The highest BCUT2D eigenvalue weighted by Gasteiger charge is 2.19. The molecule has 2 N–H and O–H groups in total. The van der Waals surface area contributed by atoms with E-state index in [0.717, 1.165) is 10.1 Å². The number of aliphatic hydroxyl groups excluding tert-OH is 1. The minimum absolute atomic E-state index is 0.262. The maximum atomic E-state index is 12.7. The van der Waals surface area contributed by atoms with Crippen molar-refractivity contribution < 1.29 is 5.11 Å². The minimum atomic E-state index is -0.592. The summed E-state index contributed by atoms with van der Waals surface area (Å²) in [5.74, 6) is 0.411. The zero-order valence-electron chi connectivity index (χ0n) is 14.7. The van der Waals surface area contributed by atoms with E-state index in [1.165, 1.54) is 11.6 Å². The summed E-state index contributed by atoms with van der Waals surface area (Å²) in [6, 6.07) is 7.26. The second kappa shape index (κ2) is 6.97. The number of benzene rings is 1. The van der Waals surface area contributed by atoms with Crippen molar-refractivity contribution in [2.24, 2.45) is 14.1 Å². The first-order valence-electron chi connectivity index (χ1n) is 8.12. The molecular formula is C17H20ClN5O3. The van der Waals surface area contributed by atoms with Gasteiger partial charge in [0.2, 0.25) is 5.95 Å². The van der Waals surface area contributed by atoms with Crippen LogP contribution in [0.4, 0.5) is 5.95 Å². The predicted molar refractivity (Wildman–Crippen MR) is 101 cm³/mol. The SMILES string of the molecule is CC(O)CNc1nc2c(c(=O)n(C)c(=O)n2C)n1Cc1ccc(Cl)cc1. The molecule has 9 heteroatoms. The Labute approximate surface area is 154 Å². The van der Waals surface area contributed by atoms with Gasteiger partial charge in [0.15, 0.2) is 11.2 Å². The second-order valence-corrected chi connectivity index (χ2v) is 6.69. The molecule has 2 aromatic heterocycles. The van der Waals surface area contributed by atoms with E-state index in [4.69, 9.17) is 11.6 Å². The molecule has 1 atom stereocenters. The summed E-state index contributed by atoms with van der Waals surface area (Å²) < 4.78 is 4.10. The molecule has 8 nitrogen and oxygen atoms in total. The number of fused-ring (bicyclic) bond motifs is 1. The molecule has 0 saturated carbocycles. The molecule has 0 aliphatic carbocycles. The third-order valence-corrected chi connectivity index (χ3v) is 4.41. The maximum Gasteiger partial charge on any atom is 0.332 e. The van der Waals surface area contributed by atoms with E-state index in [0.29, 0.717) is 28.7 Å². The summed E-state index contributed by atoms with van der Waals surface area (Å²) in [5, 5.41) is 13.2. The Morgan fingerprint density at radius 3 is 2.46 bits per heavy atom. The first kappa shape index (κ1) is 18.2. The largest absolute Gasteiger partial charge is 0.392 e. The maximum absolute atomic E-state index is 12.7. The van der Waals surface area contributed by atoms with Crippen molar-refractivity contribution in [1.29, 1.82) is 0 Å². The quantitative estimate of drug-likeness (QED) is 0.689. The van der Waals surface area contributed by atoms with E-state index in [9.17, 15) is 14.7 Å². The van der Waals surface area contributed by atoms with E-state index in [1.807, 2.05) is 12.1 Å². The molecule has 0 aliphatic heterocycles. The standard InChI is InChI=1S/C17H20ClN5O3/c1-10(24)8-19-16-20-14-13(15(25)22(3)17(26)21(14)2)23(16)9-11-4-6-12(18)7-5-11/h4-7,10,24H,8-9H2,1-3H3,(H,19,20). The van der Waals surface area contributed by atoms with Crippen molar-refractivity contribution >= 4 is 28.7 Å². The van der Waals surface area contributed by atoms with Crippen molar-refractivity contribution in [3.63, 3.8) is 0 Å². The van der Waals surface area contributed by atoms with Crippen molar-refractivity contribution in [3.8, 4) is 0 Å². The van der Waals surface area contributed by atoms with Gasteiger partial charge in [-0.1, -0.05) is 23.7 Å². The van der Waals surface area contributed by atoms with Crippen molar-refractivity contribution in [2.45, 2.75) is 19.6 Å². The van der Waals surface area contributed by atoms with Crippen LogP contribution in [0.2, 0.25) is 5.02 Å². The van der Waals surface area contributed by atoms with Crippen LogP contribution >= 0.6 is 11.6 Å². The first-order valence-corrected chi connectivity index (χ1v) is 8.50. The second-order valence-electron chi connectivity index (χ2n) is 6.26. The van der Waals surface area contributed by atoms with E-state index >= 15 is 0 Å². The molecule has 1 aromatic carbocycles. The number of rotatable bonds is 5. The lowest BCUT2D eigenvalue weighted by molar-refractivity contribution is 0.208. The number of imidazole rings is 1. The number of hydrogen-bond donors (Lipinski definition) is 2. The Morgan fingerprint density at radius 2 is 1.85 bits per heavy atom. The minimum Gasteiger partial charge on any atom is -0.392 e. The van der Waals surface area contributed by atoms with E-state index in [1.54, 1.807) is 30.7 Å². The highest BCUT2D eigenvalue weighted by atomic mass is 35.5. The topological polar surface area (TPSA) is 94.1 Å². The number of halogens is 1. The highest BCUT2D eigenvalue weighted by Crippen LogP contribution is 2.19. The van der Waals surface area contributed by atoms with Gasteiger partial charge in [0.1, 0.15) is 0 Å². The Balaban J connectivity index is 2.22. The summed E-state index contributed by atoms with van der Waals surface area (Å²) in [6.07, 6.45) is -0.592. The van der Waals surface area contributed by atoms with Crippen LogP contribution in [0.5, 0.6) is 0 Å². The molecule has 0 saturated heterocycles. The van der Waals surface area contributed by atoms with E-state index in [-0.39, 0.29) is 6.54 Å². The Bertz CT molecular complexity index is 1060. The number of hydrogen-bond acceptors (Lipinski definition) is 5. The summed E-state index contributed by atoms with van der Waals surface area (Å²) in [4.78, 5) is 29.3. The fourth-order valence-electron chi connectivity index (χ4n) is 2.75. The number of aliphatic hydroxyl groups is 1. The fraction of sp³-hybridized carbons (Fsp3) is 0.353. The van der Waals surface area contributed by atoms with Crippen molar-refractivity contribution in [3.05, 3.63) is 55.7 Å². The highest BCUT2D eigenvalue weighted by molar-refractivity contribution is 6.30. The molecular weight excluding hydrogens is 358 g/mol. The summed E-state index contributed by atoms with van der Waals surface area (Å²) in [6.45, 7) is 2.27. The zero-order chi connectivity index (χ0) is 19.0. The van der Waals surface area contributed by atoms with Gasteiger partial charge >= 0.3 is 5.69 Å². The third-order valence-electron chi connectivity index (χ3n) is 4.16. The van der Waals surface area contributed by atoms with Gasteiger partial charge < -0.3 is 10.4 Å². The van der Waals surface area contributed by atoms with Crippen molar-refractivity contribution in [2.75, 3.05) is 11.9 Å². The summed E-state index contributed by atoms with van der Waals surface area (Å²) in [7, 11) is 3.01. The number of aryl methyl sites for hydroxylation is 1. The molecule has 26 heavy (non-hydrogen) atoms. The fourth-order valence-corrected chi connectivity index (χ4v) is 2.87. The average molecular weight is 378 g/mol. The number of nitrogens with zero attached hydrogens (tertiary/aromatic N) is 4. The Morgan fingerprint density at radius 1 is 1.19 bits per heavy atom. The normalized spacial score (nSPS) is 12.5. The van der Waals surface area contributed by atoms with Crippen LogP contribution in [0.25, 0.3) is 11.2 Å². The first-order chi connectivity index (χ1) is 12.3. The number of anilines is 1. The monoisotopic (exact) mass is 377 g/mol. The van der Waals surface area contributed by atoms with Gasteiger partial charge in [-0.25, -0.2) is 4.79 Å². The smallest absolute Gasteiger partial charge is 0.332 e. The van der Waals surface area contributed by atoms with Crippen molar-refractivity contribution in [1.82, 2.24) is 18.7 Å². The molecule has 3 rings (SSSR count). The van der Waals surface area contributed by atoms with Gasteiger partial charge in [0, 0.05) is 25.7 Å². The van der Waals surface area contributed by atoms with Crippen LogP contribution in [0, 0.1) is 0 Å². The van der Waals surface area contributed by atoms with Gasteiger partial charge in [-0.3, -0.25) is 18.5 Å².